The highest BCUT2D eigenvalue weighted by atomic mass is 79.9. The predicted molar refractivity (Wildman–Crippen MR) is 88.8 cm³/mol. The van der Waals surface area contributed by atoms with Crippen molar-refractivity contribution in [3.05, 3.63) is 71.9 Å². The third-order valence-corrected chi connectivity index (χ3v) is 3.86. The number of carbonyl (C=O) groups excluding carboxylic acids is 1. The van der Waals surface area contributed by atoms with Crippen molar-refractivity contribution in [2.45, 2.75) is 5.33 Å². The van der Waals surface area contributed by atoms with Gasteiger partial charge in [-0.3, -0.25) is 9.78 Å². The van der Waals surface area contributed by atoms with E-state index in [1.54, 1.807) is 12.3 Å². The van der Waals surface area contributed by atoms with Crippen LogP contribution in [0.15, 0.2) is 60.8 Å². The number of nitrogens with zero attached hydrogens (tertiary/aromatic N) is 1. The lowest BCUT2D eigenvalue weighted by atomic mass is 10.1. The first-order chi connectivity index (χ1) is 10.3. The molecular formula is C17H13BrN2O. The normalized spacial score (nSPS) is 10.5. The van der Waals surface area contributed by atoms with Crippen molar-refractivity contribution in [1.29, 1.82) is 0 Å². The molecule has 4 heteroatoms. The van der Waals surface area contributed by atoms with Crippen LogP contribution in [0.4, 0.5) is 5.69 Å². The summed E-state index contributed by atoms with van der Waals surface area (Å²) in [4.78, 5) is 16.8. The number of amides is 1. The van der Waals surface area contributed by atoms with Crippen LogP contribution in [0.2, 0.25) is 0 Å². The number of para-hydroxylation sites is 1. The Kier molecular flexibility index (Phi) is 3.97. The molecule has 1 amide bonds. The fourth-order valence-electron chi connectivity index (χ4n) is 2.22. The second kappa shape index (κ2) is 6.06. The lowest BCUT2D eigenvalue weighted by Crippen LogP contribution is -2.12. The van der Waals surface area contributed by atoms with E-state index in [4.69, 9.17) is 0 Å². The van der Waals surface area contributed by atoms with Crippen LogP contribution in [-0.2, 0) is 5.33 Å². The van der Waals surface area contributed by atoms with Gasteiger partial charge in [0, 0.05) is 22.6 Å². The minimum atomic E-state index is -0.147. The van der Waals surface area contributed by atoms with E-state index in [2.05, 4.69) is 26.2 Å². The second-order valence-corrected chi connectivity index (χ2v) is 5.23. The van der Waals surface area contributed by atoms with Crippen LogP contribution < -0.4 is 5.32 Å². The number of nitrogens with one attached hydrogen (secondary N) is 1. The van der Waals surface area contributed by atoms with Crippen LogP contribution in [0.5, 0.6) is 0 Å². The fourth-order valence-corrected chi connectivity index (χ4v) is 2.57. The molecule has 0 bridgehead atoms. The molecule has 0 unspecified atom stereocenters. The lowest BCUT2D eigenvalue weighted by Gasteiger charge is -2.08. The first-order valence-corrected chi connectivity index (χ1v) is 7.70. The molecule has 1 aromatic heterocycles. The van der Waals surface area contributed by atoms with Gasteiger partial charge >= 0.3 is 0 Å². The Morgan fingerprint density at radius 2 is 1.90 bits per heavy atom. The molecule has 0 atom stereocenters. The summed E-state index contributed by atoms with van der Waals surface area (Å²) in [6.07, 6.45) is 1.70. The quantitative estimate of drug-likeness (QED) is 0.718. The third kappa shape index (κ3) is 2.95. The van der Waals surface area contributed by atoms with E-state index in [1.807, 2.05) is 48.5 Å². The zero-order valence-electron chi connectivity index (χ0n) is 11.2. The Hall–Kier alpha value is -2.20. The zero-order chi connectivity index (χ0) is 14.7. The highest BCUT2D eigenvalue weighted by Gasteiger charge is 2.11. The van der Waals surface area contributed by atoms with E-state index < -0.39 is 0 Å². The Balaban J connectivity index is 1.93. The van der Waals surface area contributed by atoms with E-state index in [0.717, 1.165) is 22.0 Å². The van der Waals surface area contributed by atoms with Gasteiger partial charge in [-0.25, -0.2) is 0 Å². The highest BCUT2D eigenvalue weighted by Crippen LogP contribution is 2.19. The minimum Gasteiger partial charge on any atom is -0.322 e. The van der Waals surface area contributed by atoms with Crippen molar-refractivity contribution in [2.75, 3.05) is 5.32 Å². The summed E-state index contributed by atoms with van der Waals surface area (Å²) in [7, 11) is 0. The van der Waals surface area contributed by atoms with Crippen LogP contribution in [0.1, 0.15) is 15.9 Å². The number of carbonyl (C=O) groups is 1. The molecule has 1 heterocycles. The predicted octanol–water partition coefficient (Wildman–Crippen LogP) is 4.38. The number of aromatic nitrogens is 1. The molecule has 2 aromatic carbocycles. The monoisotopic (exact) mass is 340 g/mol. The van der Waals surface area contributed by atoms with Crippen molar-refractivity contribution in [3.63, 3.8) is 0 Å². The molecule has 0 spiro atoms. The lowest BCUT2D eigenvalue weighted by molar-refractivity contribution is 0.102. The van der Waals surface area contributed by atoms with Gasteiger partial charge in [-0.05, 0) is 29.8 Å². The Morgan fingerprint density at radius 3 is 2.76 bits per heavy atom. The van der Waals surface area contributed by atoms with Gasteiger partial charge in [0.15, 0.2) is 0 Å². The summed E-state index contributed by atoms with van der Waals surface area (Å²) >= 11 is 3.41. The summed E-state index contributed by atoms with van der Waals surface area (Å²) < 4.78 is 0. The average Bonchev–Trinajstić information content (AvgIpc) is 2.54. The fraction of sp³-hybridized carbons (Fsp3) is 0.0588. The maximum absolute atomic E-state index is 12.5. The van der Waals surface area contributed by atoms with Crippen molar-refractivity contribution in [3.8, 4) is 0 Å². The number of halogens is 1. The Morgan fingerprint density at radius 1 is 1.10 bits per heavy atom. The number of hydrogen-bond donors (Lipinski definition) is 1. The van der Waals surface area contributed by atoms with Gasteiger partial charge in [-0.15, -0.1) is 0 Å². The molecule has 21 heavy (non-hydrogen) atoms. The smallest absolute Gasteiger partial charge is 0.257 e. The van der Waals surface area contributed by atoms with Crippen LogP contribution in [0, 0.1) is 0 Å². The third-order valence-electron chi connectivity index (χ3n) is 3.22. The first kappa shape index (κ1) is 13.8. The molecule has 0 saturated heterocycles. The maximum Gasteiger partial charge on any atom is 0.257 e. The molecule has 0 aliphatic rings. The standard InChI is InChI=1S/C17H13BrN2O/c18-11-12-4-1-7-14(10-12)20-17(21)15-8-2-5-13-6-3-9-19-16(13)15/h1-10H,11H2,(H,20,21). The SMILES string of the molecule is O=C(Nc1cccc(CBr)c1)c1cccc2cccnc12. The summed E-state index contributed by atoms with van der Waals surface area (Å²) in [6.45, 7) is 0. The molecule has 0 fully saturated rings. The molecule has 3 rings (SSSR count). The molecular weight excluding hydrogens is 328 g/mol. The van der Waals surface area contributed by atoms with Crippen LogP contribution in [0.3, 0.4) is 0 Å². The number of benzene rings is 2. The first-order valence-electron chi connectivity index (χ1n) is 6.58. The van der Waals surface area contributed by atoms with Gasteiger partial charge in [0.05, 0.1) is 11.1 Å². The van der Waals surface area contributed by atoms with Crippen molar-refractivity contribution >= 4 is 38.4 Å². The van der Waals surface area contributed by atoms with Gasteiger partial charge in [-0.2, -0.15) is 0 Å². The van der Waals surface area contributed by atoms with Crippen LogP contribution in [-0.4, -0.2) is 10.9 Å². The number of rotatable bonds is 3. The largest absolute Gasteiger partial charge is 0.322 e. The summed E-state index contributed by atoms with van der Waals surface area (Å²) in [5.41, 5.74) is 3.19. The van der Waals surface area contributed by atoms with Crippen molar-refractivity contribution in [1.82, 2.24) is 4.98 Å². The molecule has 1 N–H and O–H groups in total. The molecule has 3 aromatic rings. The van der Waals surface area contributed by atoms with Crippen LogP contribution >= 0.6 is 15.9 Å². The highest BCUT2D eigenvalue weighted by molar-refractivity contribution is 9.08. The summed E-state index contributed by atoms with van der Waals surface area (Å²) in [5, 5.41) is 4.64. The average molecular weight is 341 g/mol. The van der Waals surface area contributed by atoms with Gasteiger partial charge in [-0.1, -0.05) is 46.3 Å². The Bertz CT molecular complexity index is 796. The molecule has 104 valence electrons. The number of pyridine rings is 1. The molecule has 3 nitrogen and oxygen atoms in total. The number of hydrogen-bond acceptors (Lipinski definition) is 2. The Labute approximate surface area is 131 Å². The number of anilines is 1. The van der Waals surface area contributed by atoms with Gasteiger partial charge in [0.1, 0.15) is 0 Å². The topological polar surface area (TPSA) is 42.0 Å². The van der Waals surface area contributed by atoms with E-state index in [1.165, 1.54) is 0 Å². The van der Waals surface area contributed by atoms with Gasteiger partial charge in [0.2, 0.25) is 0 Å². The van der Waals surface area contributed by atoms with Crippen LogP contribution in [0.25, 0.3) is 10.9 Å². The second-order valence-electron chi connectivity index (χ2n) is 4.67. The van der Waals surface area contributed by atoms with E-state index >= 15 is 0 Å². The molecule has 0 saturated carbocycles. The molecule has 0 aliphatic carbocycles. The zero-order valence-corrected chi connectivity index (χ0v) is 12.8. The number of alkyl halides is 1. The maximum atomic E-state index is 12.5. The minimum absolute atomic E-state index is 0.147. The van der Waals surface area contributed by atoms with Crippen molar-refractivity contribution in [2.24, 2.45) is 0 Å². The van der Waals surface area contributed by atoms with Crippen molar-refractivity contribution < 1.29 is 4.79 Å². The van der Waals surface area contributed by atoms with E-state index in [9.17, 15) is 4.79 Å². The van der Waals surface area contributed by atoms with E-state index in [0.29, 0.717) is 11.1 Å². The van der Waals surface area contributed by atoms with Gasteiger partial charge < -0.3 is 5.32 Å². The van der Waals surface area contributed by atoms with Gasteiger partial charge in [0.25, 0.3) is 5.91 Å². The van der Waals surface area contributed by atoms with E-state index in [-0.39, 0.29) is 5.91 Å². The summed E-state index contributed by atoms with van der Waals surface area (Å²) in [5.74, 6) is -0.147. The molecule has 0 radical (unpaired) electrons. The molecule has 0 aliphatic heterocycles. The number of fused-ring (bicyclic) bond motifs is 1. The summed E-state index contributed by atoms with van der Waals surface area (Å²) in [6, 6.07) is 17.2.